The molecular formula is C14H25NO3. The summed E-state index contributed by atoms with van der Waals surface area (Å²) in [5, 5.41) is 0. The molecule has 1 heterocycles. The second-order valence-corrected chi connectivity index (χ2v) is 6.23. The Morgan fingerprint density at radius 1 is 1.33 bits per heavy atom. The highest BCUT2D eigenvalue weighted by atomic mass is 16.6. The van der Waals surface area contributed by atoms with Gasteiger partial charge in [-0.1, -0.05) is 6.92 Å². The molecule has 0 aliphatic carbocycles. The Morgan fingerprint density at radius 2 is 2.00 bits per heavy atom. The van der Waals surface area contributed by atoms with Gasteiger partial charge >= 0.3 is 6.09 Å². The van der Waals surface area contributed by atoms with Gasteiger partial charge in [-0.15, -0.1) is 0 Å². The number of Topliss-reactive ketones (excluding diaryl/α,β-unsaturated/α-hetero) is 1. The molecule has 1 fully saturated rings. The molecule has 1 aliphatic rings. The van der Waals surface area contributed by atoms with Crippen molar-refractivity contribution in [2.75, 3.05) is 13.1 Å². The maximum Gasteiger partial charge on any atom is 0.410 e. The second-order valence-electron chi connectivity index (χ2n) is 6.23. The van der Waals surface area contributed by atoms with Crippen molar-refractivity contribution in [2.45, 2.75) is 59.0 Å². The van der Waals surface area contributed by atoms with E-state index >= 15 is 0 Å². The Morgan fingerprint density at radius 3 is 2.61 bits per heavy atom. The summed E-state index contributed by atoms with van der Waals surface area (Å²) in [5.41, 5.74) is -0.508. The second kappa shape index (κ2) is 6.21. The molecule has 1 aliphatic heterocycles. The molecule has 1 unspecified atom stereocenters. The van der Waals surface area contributed by atoms with Gasteiger partial charge in [0.15, 0.2) is 5.78 Å². The van der Waals surface area contributed by atoms with Crippen LogP contribution in [0.25, 0.3) is 0 Å². The summed E-state index contributed by atoms with van der Waals surface area (Å²) >= 11 is 0. The highest BCUT2D eigenvalue weighted by Crippen LogP contribution is 2.17. The van der Waals surface area contributed by atoms with Gasteiger partial charge in [0.25, 0.3) is 0 Å². The van der Waals surface area contributed by atoms with Crippen LogP contribution in [-0.2, 0) is 9.53 Å². The molecule has 0 saturated carbocycles. The third-order valence-corrected chi connectivity index (χ3v) is 3.06. The van der Waals surface area contributed by atoms with E-state index in [4.69, 9.17) is 4.74 Å². The van der Waals surface area contributed by atoms with Gasteiger partial charge in [0.2, 0.25) is 0 Å². The van der Waals surface area contributed by atoms with Crippen LogP contribution < -0.4 is 0 Å². The number of ether oxygens (including phenoxy) is 1. The monoisotopic (exact) mass is 255 g/mol. The number of amides is 1. The lowest BCUT2D eigenvalue weighted by atomic mass is 9.99. The standard InChI is InChI=1S/C14H25NO3/c1-11-6-5-9-15(10-12(16)8-7-11)13(17)18-14(2,3)4/h11H,5-10H2,1-4H3. The molecule has 4 nitrogen and oxygen atoms in total. The Labute approximate surface area is 110 Å². The number of ketones is 1. The summed E-state index contributed by atoms with van der Waals surface area (Å²) < 4.78 is 5.32. The molecular weight excluding hydrogens is 230 g/mol. The van der Waals surface area contributed by atoms with Crippen LogP contribution in [0.3, 0.4) is 0 Å². The van der Waals surface area contributed by atoms with Crippen molar-refractivity contribution in [3.63, 3.8) is 0 Å². The van der Waals surface area contributed by atoms with Gasteiger partial charge in [0.1, 0.15) is 5.60 Å². The Balaban J connectivity index is 2.62. The van der Waals surface area contributed by atoms with Crippen molar-refractivity contribution in [3.05, 3.63) is 0 Å². The molecule has 0 aromatic heterocycles. The lowest BCUT2D eigenvalue weighted by Gasteiger charge is -2.26. The van der Waals surface area contributed by atoms with Crippen LogP contribution in [0.5, 0.6) is 0 Å². The minimum absolute atomic E-state index is 0.134. The first-order valence-corrected chi connectivity index (χ1v) is 6.77. The Hall–Kier alpha value is -1.06. The minimum atomic E-state index is -0.508. The minimum Gasteiger partial charge on any atom is -0.444 e. The van der Waals surface area contributed by atoms with Crippen LogP contribution in [0.1, 0.15) is 53.4 Å². The van der Waals surface area contributed by atoms with E-state index in [1.54, 1.807) is 4.90 Å². The first kappa shape index (κ1) is 15.0. The van der Waals surface area contributed by atoms with E-state index in [2.05, 4.69) is 6.92 Å². The molecule has 4 heteroatoms. The lowest BCUT2D eigenvalue weighted by Crippen LogP contribution is -2.40. The van der Waals surface area contributed by atoms with Gasteiger partial charge < -0.3 is 9.64 Å². The van der Waals surface area contributed by atoms with Crippen LogP contribution in [-0.4, -0.2) is 35.5 Å². The molecule has 104 valence electrons. The van der Waals surface area contributed by atoms with Crippen molar-refractivity contribution in [3.8, 4) is 0 Å². The fourth-order valence-corrected chi connectivity index (χ4v) is 2.04. The van der Waals surface area contributed by atoms with Crippen molar-refractivity contribution < 1.29 is 14.3 Å². The third kappa shape index (κ3) is 5.52. The summed E-state index contributed by atoms with van der Waals surface area (Å²) in [6.07, 6.45) is 3.13. The van der Waals surface area contributed by atoms with Crippen LogP contribution in [0.4, 0.5) is 4.79 Å². The van der Waals surface area contributed by atoms with Gasteiger partial charge in [-0.25, -0.2) is 4.79 Å². The molecule has 1 atom stereocenters. The Kier molecular flexibility index (Phi) is 5.17. The summed E-state index contributed by atoms with van der Waals surface area (Å²) in [5.74, 6) is 0.696. The molecule has 1 rings (SSSR count). The predicted octanol–water partition coefficient (Wildman–Crippen LogP) is 3.00. The third-order valence-electron chi connectivity index (χ3n) is 3.06. The van der Waals surface area contributed by atoms with E-state index in [1.165, 1.54) is 0 Å². The smallest absolute Gasteiger partial charge is 0.410 e. The predicted molar refractivity (Wildman–Crippen MR) is 70.4 cm³/mol. The van der Waals surface area contributed by atoms with Crippen molar-refractivity contribution >= 4 is 11.9 Å². The summed E-state index contributed by atoms with van der Waals surface area (Å²) in [6.45, 7) is 8.49. The van der Waals surface area contributed by atoms with Gasteiger partial charge in [-0.2, -0.15) is 0 Å². The molecule has 0 spiro atoms. The van der Waals surface area contributed by atoms with E-state index in [9.17, 15) is 9.59 Å². The van der Waals surface area contributed by atoms with Crippen molar-refractivity contribution in [2.24, 2.45) is 5.92 Å². The fourth-order valence-electron chi connectivity index (χ4n) is 2.04. The quantitative estimate of drug-likeness (QED) is 0.668. The number of carbonyl (C=O) groups excluding carboxylic acids is 2. The summed E-state index contributed by atoms with van der Waals surface area (Å²) in [6, 6.07) is 0. The SMILES string of the molecule is CC1CCCN(C(=O)OC(C)(C)C)CC(=O)CC1. The first-order chi connectivity index (χ1) is 8.28. The van der Waals surface area contributed by atoms with Gasteiger partial charge in [-0.05, 0) is 46.0 Å². The molecule has 0 bridgehead atoms. The number of hydrogen-bond acceptors (Lipinski definition) is 3. The van der Waals surface area contributed by atoms with E-state index in [-0.39, 0.29) is 18.4 Å². The number of nitrogens with zero attached hydrogens (tertiary/aromatic N) is 1. The van der Waals surface area contributed by atoms with Crippen LogP contribution in [0.15, 0.2) is 0 Å². The van der Waals surface area contributed by atoms with E-state index in [1.807, 2.05) is 20.8 Å². The highest BCUT2D eigenvalue weighted by Gasteiger charge is 2.24. The number of rotatable bonds is 0. The zero-order valence-corrected chi connectivity index (χ0v) is 12.0. The summed E-state index contributed by atoms with van der Waals surface area (Å²) in [4.78, 5) is 25.3. The van der Waals surface area contributed by atoms with Gasteiger partial charge in [0.05, 0.1) is 6.54 Å². The zero-order chi connectivity index (χ0) is 13.8. The molecule has 1 amide bonds. The number of carbonyl (C=O) groups is 2. The first-order valence-electron chi connectivity index (χ1n) is 6.77. The maximum atomic E-state index is 12.0. The van der Waals surface area contributed by atoms with Crippen molar-refractivity contribution in [1.82, 2.24) is 4.90 Å². The summed E-state index contributed by atoms with van der Waals surface area (Å²) in [7, 11) is 0. The zero-order valence-electron chi connectivity index (χ0n) is 12.0. The topological polar surface area (TPSA) is 46.6 Å². The van der Waals surface area contributed by atoms with Crippen LogP contribution >= 0.6 is 0 Å². The van der Waals surface area contributed by atoms with Gasteiger partial charge in [0, 0.05) is 13.0 Å². The highest BCUT2D eigenvalue weighted by molar-refractivity contribution is 5.84. The molecule has 0 N–H and O–H groups in total. The molecule has 1 saturated heterocycles. The van der Waals surface area contributed by atoms with Crippen molar-refractivity contribution in [1.29, 1.82) is 0 Å². The maximum absolute atomic E-state index is 12.0. The molecule has 0 aromatic rings. The lowest BCUT2D eigenvalue weighted by molar-refractivity contribution is -0.120. The van der Waals surface area contributed by atoms with Gasteiger partial charge in [-0.3, -0.25) is 4.79 Å². The normalized spacial score (nSPS) is 23.0. The largest absolute Gasteiger partial charge is 0.444 e. The molecule has 0 aromatic carbocycles. The Bertz CT molecular complexity index is 307. The van der Waals surface area contributed by atoms with E-state index < -0.39 is 5.60 Å². The van der Waals surface area contributed by atoms with E-state index in [0.29, 0.717) is 18.9 Å². The van der Waals surface area contributed by atoms with Crippen LogP contribution in [0, 0.1) is 5.92 Å². The van der Waals surface area contributed by atoms with Crippen LogP contribution in [0.2, 0.25) is 0 Å². The van der Waals surface area contributed by atoms with E-state index in [0.717, 1.165) is 19.3 Å². The molecule has 18 heavy (non-hydrogen) atoms. The average molecular weight is 255 g/mol. The molecule has 0 radical (unpaired) electrons. The fraction of sp³-hybridized carbons (Fsp3) is 0.857. The average Bonchev–Trinajstić information content (AvgIpc) is 2.29. The number of hydrogen-bond donors (Lipinski definition) is 0.